The molecule has 3 aromatic carbocycles. The second kappa shape index (κ2) is 12.4. The highest BCUT2D eigenvalue weighted by Crippen LogP contribution is 2.32. The van der Waals surface area contributed by atoms with Crippen molar-refractivity contribution in [2.75, 3.05) is 32.8 Å². The first kappa shape index (κ1) is 31.7. The molecule has 1 atom stereocenters. The van der Waals surface area contributed by atoms with Crippen molar-refractivity contribution in [3.8, 4) is 5.75 Å². The highest BCUT2D eigenvalue weighted by molar-refractivity contribution is 7.89. The number of carbonyl (C=O) groups excluding carboxylic acids is 2. The fourth-order valence-electron chi connectivity index (χ4n) is 6.59. The van der Waals surface area contributed by atoms with Gasteiger partial charge in [0.2, 0.25) is 15.9 Å². The standard InChI is InChI=1S/C35H43N3O5S/c1-22-16-23(2)18-31(17-22)43-21-33(39)38-20-30-11-9-8-10-29(30)19-32(38)35(40)36-12-14-37(15-13-36)44(41,42)34-27(6)25(4)24(3)26(5)28(34)7/h8-11,16-18,32H,12-15,19-21H2,1-7H3. The minimum absolute atomic E-state index is 0.161. The lowest BCUT2D eigenvalue weighted by atomic mass is 9.93. The summed E-state index contributed by atoms with van der Waals surface area (Å²) in [5, 5.41) is 0. The molecular formula is C35H43N3O5S. The van der Waals surface area contributed by atoms with Crippen LogP contribution in [0.3, 0.4) is 0 Å². The fourth-order valence-corrected chi connectivity index (χ4v) is 8.57. The first-order valence-corrected chi connectivity index (χ1v) is 16.7. The molecule has 2 aliphatic rings. The Morgan fingerprint density at radius 1 is 0.773 bits per heavy atom. The molecule has 0 aromatic heterocycles. The Labute approximate surface area is 261 Å². The summed E-state index contributed by atoms with van der Waals surface area (Å²) in [5.41, 5.74) is 8.81. The lowest BCUT2D eigenvalue weighted by molar-refractivity contribution is -0.148. The SMILES string of the molecule is Cc1cc(C)cc(OCC(=O)N2Cc3ccccc3CC2C(=O)N2CCN(S(=O)(=O)c3c(C)c(C)c(C)c(C)c3C)CC2)c1. The van der Waals surface area contributed by atoms with Gasteiger partial charge >= 0.3 is 0 Å². The van der Waals surface area contributed by atoms with E-state index in [1.54, 1.807) is 9.80 Å². The maximum Gasteiger partial charge on any atom is 0.261 e. The van der Waals surface area contributed by atoms with E-state index >= 15 is 0 Å². The van der Waals surface area contributed by atoms with Crippen LogP contribution in [-0.2, 0) is 32.6 Å². The van der Waals surface area contributed by atoms with E-state index in [1.165, 1.54) is 4.31 Å². The number of rotatable bonds is 6. The highest BCUT2D eigenvalue weighted by Gasteiger charge is 2.39. The number of sulfonamides is 1. The van der Waals surface area contributed by atoms with Gasteiger partial charge in [-0.2, -0.15) is 4.31 Å². The molecule has 0 radical (unpaired) electrons. The van der Waals surface area contributed by atoms with E-state index in [0.29, 0.717) is 23.6 Å². The number of ether oxygens (including phenoxy) is 1. The van der Waals surface area contributed by atoms with Crippen LogP contribution in [0.5, 0.6) is 5.75 Å². The normalized spacial score (nSPS) is 17.4. The second-order valence-corrected chi connectivity index (χ2v) is 14.2. The van der Waals surface area contributed by atoms with Crippen molar-refractivity contribution >= 4 is 21.8 Å². The van der Waals surface area contributed by atoms with Crippen molar-refractivity contribution in [1.29, 1.82) is 0 Å². The number of nitrogens with zero attached hydrogens (tertiary/aromatic N) is 3. The van der Waals surface area contributed by atoms with Gasteiger partial charge in [0.05, 0.1) is 4.90 Å². The molecule has 0 aliphatic carbocycles. The molecule has 1 unspecified atom stereocenters. The van der Waals surface area contributed by atoms with Crippen LogP contribution in [0.25, 0.3) is 0 Å². The van der Waals surface area contributed by atoms with Gasteiger partial charge in [0.1, 0.15) is 11.8 Å². The van der Waals surface area contributed by atoms with Crippen molar-refractivity contribution in [2.45, 2.75) is 72.4 Å². The molecule has 234 valence electrons. The Bertz CT molecular complexity index is 1680. The Balaban J connectivity index is 1.33. The first-order valence-electron chi connectivity index (χ1n) is 15.2. The summed E-state index contributed by atoms with van der Waals surface area (Å²) in [4.78, 5) is 31.3. The third-order valence-corrected chi connectivity index (χ3v) is 11.7. The van der Waals surface area contributed by atoms with Crippen LogP contribution in [0.1, 0.15) is 50.1 Å². The zero-order valence-electron chi connectivity index (χ0n) is 26.9. The van der Waals surface area contributed by atoms with Gasteiger partial charge in [-0.1, -0.05) is 30.3 Å². The van der Waals surface area contributed by atoms with Crippen molar-refractivity contribution < 1.29 is 22.7 Å². The topological polar surface area (TPSA) is 87.2 Å². The molecule has 2 aliphatic heterocycles. The average Bonchev–Trinajstić information content (AvgIpc) is 3.00. The van der Waals surface area contributed by atoms with Crippen LogP contribution < -0.4 is 4.74 Å². The molecule has 0 spiro atoms. The van der Waals surface area contributed by atoms with Gasteiger partial charge in [0, 0.05) is 39.1 Å². The van der Waals surface area contributed by atoms with Gasteiger partial charge in [-0.25, -0.2) is 8.42 Å². The molecule has 1 saturated heterocycles. The maximum atomic E-state index is 14.0. The molecule has 2 amide bonds. The van der Waals surface area contributed by atoms with Gasteiger partial charge in [0.15, 0.2) is 6.61 Å². The predicted octanol–water partition coefficient (Wildman–Crippen LogP) is 4.71. The number of carbonyl (C=O) groups is 2. The number of fused-ring (bicyclic) bond motifs is 1. The Hall–Kier alpha value is -3.69. The molecule has 2 heterocycles. The second-order valence-electron chi connectivity index (χ2n) is 12.3. The predicted molar refractivity (Wildman–Crippen MR) is 171 cm³/mol. The smallest absolute Gasteiger partial charge is 0.261 e. The van der Waals surface area contributed by atoms with E-state index in [-0.39, 0.29) is 44.6 Å². The quantitative estimate of drug-likeness (QED) is 0.400. The Morgan fingerprint density at radius 3 is 1.91 bits per heavy atom. The van der Waals surface area contributed by atoms with Crippen molar-refractivity contribution in [3.63, 3.8) is 0 Å². The van der Waals surface area contributed by atoms with Crippen LogP contribution >= 0.6 is 0 Å². The van der Waals surface area contributed by atoms with E-state index in [1.807, 2.05) is 90.9 Å². The maximum absolute atomic E-state index is 14.0. The Kier molecular flexibility index (Phi) is 8.92. The average molecular weight is 618 g/mol. The van der Waals surface area contributed by atoms with Gasteiger partial charge in [-0.3, -0.25) is 9.59 Å². The summed E-state index contributed by atoms with van der Waals surface area (Å²) in [6.07, 6.45) is 0.406. The van der Waals surface area contributed by atoms with Crippen LogP contribution in [0.4, 0.5) is 0 Å². The van der Waals surface area contributed by atoms with Crippen molar-refractivity contribution in [1.82, 2.24) is 14.1 Å². The van der Waals surface area contributed by atoms with Crippen molar-refractivity contribution in [2.24, 2.45) is 0 Å². The van der Waals surface area contributed by atoms with E-state index in [4.69, 9.17) is 4.74 Å². The highest BCUT2D eigenvalue weighted by atomic mass is 32.2. The van der Waals surface area contributed by atoms with E-state index < -0.39 is 16.1 Å². The van der Waals surface area contributed by atoms with E-state index in [2.05, 4.69) is 0 Å². The number of aryl methyl sites for hydroxylation is 2. The number of piperazine rings is 1. The van der Waals surface area contributed by atoms with Crippen LogP contribution in [0.15, 0.2) is 47.4 Å². The number of hydrogen-bond donors (Lipinski definition) is 0. The summed E-state index contributed by atoms with van der Waals surface area (Å²) in [6.45, 7) is 14.7. The van der Waals surface area contributed by atoms with Gasteiger partial charge in [0.25, 0.3) is 5.91 Å². The van der Waals surface area contributed by atoms with Crippen LogP contribution in [0.2, 0.25) is 0 Å². The molecule has 1 fully saturated rings. The third kappa shape index (κ3) is 6.00. The number of benzene rings is 3. The van der Waals surface area contributed by atoms with E-state index in [0.717, 1.165) is 50.1 Å². The lowest BCUT2D eigenvalue weighted by Crippen LogP contribution is -2.58. The van der Waals surface area contributed by atoms with Gasteiger partial charge in [-0.05, 0) is 111 Å². The monoisotopic (exact) mass is 617 g/mol. The molecule has 9 heteroatoms. The third-order valence-electron chi connectivity index (χ3n) is 9.49. The van der Waals surface area contributed by atoms with Crippen molar-refractivity contribution in [3.05, 3.63) is 92.5 Å². The lowest BCUT2D eigenvalue weighted by Gasteiger charge is -2.41. The summed E-state index contributed by atoms with van der Waals surface area (Å²) in [7, 11) is -3.75. The minimum Gasteiger partial charge on any atom is -0.484 e. The minimum atomic E-state index is -3.75. The molecule has 5 rings (SSSR count). The molecule has 0 saturated carbocycles. The molecule has 0 bridgehead atoms. The molecule has 8 nitrogen and oxygen atoms in total. The fraction of sp³-hybridized carbons (Fsp3) is 0.429. The number of hydrogen-bond acceptors (Lipinski definition) is 5. The van der Waals surface area contributed by atoms with Gasteiger partial charge < -0.3 is 14.5 Å². The zero-order chi connectivity index (χ0) is 31.9. The summed E-state index contributed by atoms with van der Waals surface area (Å²) in [5.74, 6) is 0.206. The molecule has 0 N–H and O–H groups in total. The van der Waals surface area contributed by atoms with Gasteiger partial charge in [-0.15, -0.1) is 0 Å². The largest absolute Gasteiger partial charge is 0.484 e. The van der Waals surface area contributed by atoms with Crippen LogP contribution in [0, 0.1) is 48.5 Å². The van der Waals surface area contributed by atoms with Crippen LogP contribution in [-0.4, -0.2) is 73.2 Å². The summed E-state index contributed by atoms with van der Waals surface area (Å²) < 4.78 is 35.2. The van der Waals surface area contributed by atoms with E-state index in [9.17, 15) is 18.0 Å². The zero-order valence-corrected chi connectivity index (χ0v) is 27.7. The molecule has 44 heavy (non-hydrogen) atoms. The molecular weight excluding hydrogens is 574 g/mol. The summed E-state index contributed by atoms with van der Waals surface area (Å²) in [6, 6.07) is 13.0. The first-order chi connectivity index (χ1) is 20.8. The summed E-state index contributed by atoms with van der Waals surface area (Å²) >= 11 is 0. The number of amides is 2. The Morgan fingerprint density at radius 2 is 1.32 bits per heavy atom. The molecule has 3 aromatic rings.